The second-order valence-corrected chi connectivity index (χ2v) is 3.79. The smallest absolute Gasteiger partial charge is 0.142 e. The highest BCUT2D eigenvalue weighted by Gasteiger charge is 2.00. The highest BCUT2D eigenvalue weighted by Crippen LogP contribution is 2.14. The summed E-state index contributed by atoms with van der Waals surface area (Å²) in [6.07, 6.45) is 5.27. The molecule has 74 valence electrons. The van der Waals surface area contributed by atoms with Crippen LogP contribution in [0.25, 0.3) is 6.08 Å². The van der Waals surface area contributed by atoms with Crippen LogP contribution in [-0.4, -0.2) is 6.29 Å². The average Bonchev–Trinajstić information content (AvgIpc) is 2.16. The standard InChI is InChI=1S/C13H16O/c1-11(2)10-13-7-4-3-6-12(13)8-5-9-14/h3-9,11H,10H2,1-2H3. The quantitative estimate of drug-likeness (QED) is 0.524. The maximum atomic E-state index is 10.2. The highest BCUT2D eigenvalue weighted by atomic mass is 16.1. The minimum absolute atomic E-state index is 0.640. The summed E-state index contributed by atoms with van der Waals surface area (Å²) in [5, 5.41) is 0. The molecular formula is C13H16O. The zero-order valence-corrected chi connectivity index (χ0v) is 8.73. The highest BCUT2D eigenvalue weighted by molar-refractivity contribution is 5.74. The number of hydrogen-bond donors (Lipinski definition) is 0. The summed E-state index contributed by atoms with van der Waals surface area (Å²) in [4.78, 5) is 10.2. The van der Waals surface area contributed by atoms with E-state index >= 15 is 0 Å². The van der Waals surface area contributed by atoms with Gasteiger partial charge in [-0.2, -0.15) is 0 Å². The number of allylic oxidation sites excluding steroid dienone is 1. The average molecular weight is 188 g/mol. The van der Waals surface area contributed by atoms with Crippen LogP contribution in [0.15, 0.2) is 30.3 Å². The Morgan fingerprint density at radius 1 is 1.29 bits per heavy atom. The molecule has 1 rings (SSSR count). The molecule has 0 aliphatic rings. The Kier molecular flexibility index (Phi) is 4.11. The van der Waals surface area contributed by atoms with Crippen molar-refractivity contribution in [3.63, 3.8) is 0 Å². The van der Waals surface area contributed by atoms with E-state index in [1.807, 2.05) is 24.3 Å². The molecule has 0 radical (unpaired) electrons. The largest absolute Gasteiger partial charge is 0.299 e. The van der Waals surface area contributed by atoms with E-state index in [0.717, 1.165) is 18.3 Å². The number of carbonyl (C=O) groups is 1. The van der Waals surface area contributed by atoms with E-state index in [4.69, 9.17) is 0 Å². The van der Waals surface area contributed by atoms with Gasteiger partial charge in [-0.1, -0.05) is 44.2 Å². The fraction of sp³-hybridized carbons (Fsp3) is 0.308. The predicted octanol–water partition coefficient (Wildman–Crippen LogP) is 3.10. The van der Waals surface area contributed by atoms with Crippen LogP contribution in [0.3, 0.4) is 0 Å². The van der Waals surface area contributed by atoms with Gasteiger partial charge >= 0.3 is 0 Å². The maximum Gasteiger partial charge on any atom is 0.142 e. The number of hydrogen-bond acceptors (Lipinski definition) is 1. The Morgan fingerprint density at radius 2 is 2.00 bits per heavy atom. The molecule has 0 fully saturated rings. The first-order valence-corrected chi connectivity index (χ1v) is 4.93. The molecule has 0 aliphatic heterocycles. The molecule has 1 nitrogen and oxygen atoms in total. The number of aldehydes is 1. The van der Waals surface area contributed by atoms with Gasteiger partial charge in [-0.25, -0.2) is 0 Å². The summed E-state index contributed by atoms with van der Waals surface area (Å²) in [6.45, 7) is 4.39. The van der Waals surface area contributed by atoms with Crippen molar-refractivity contribution in [3.05, 3.63) is 41.5 Å². The van der Waals surface area contributed by atoms with Gasteiger partial charge in [0.1, 0.15) is 6.29 Å². The van der Waals surface area contributed by atoms with Crippen molar-refractivity contribution in [1.29, 1.82) is 0 Å². The van der Waals surface area contributed by atoms with Crippen molar-refractivity contribution in [3.8, 4) is 0 Å². The van der Waals surface area contributed by atoms with Crippen LogP contribution in [-0.2, 0) is 11.2 Å². The van der Waals surface area contributed by atoms with Crippen molar-refractivity contribution >= 4 is 12.4 Å². The summed E-state index contributed by atoms with van der Waals surface area (Å²) < 4.78 is 0. The van der Waals surface area contributed by atoms with Gasteiger partial charge in [-0.05, 0) is 29.5 Å². The van der Waals surface area contributed by atoms with E-state index in [1.165, 1.54) is 5.56 Å². The van der Waals surface area contributed by atoms with E-state index in [2.05, 4.69) is 19.9 Å². The monoisotopic (exact) mass is 188 g/mol. The zero-order valence-electron chi connectivity index (χ0n) is 8.73. The number of benzene rings is 1. The summed E-state index contributed by atoms with van der Waals surface area (Å²) in [5.74, 6) is 0.640. The third kappa shape index (κ3) is 3.17. The fourth-order valence-electron chi connectivity index (χ4n) is 1.47. The molecule has 14 heavy (non-hydrogen) atoms. The molecule has 1 heteroatoms. The zero-order chi connectivity index (χ0) is 10.4. The molecule has 0 N–H and O–H groups in total. The minimum atomic E-state index is 0.640. The molecule has 0 saturated heterocycles. The SMILES string of the molecule is CC(C)Cc1ccccc1C=CC=O. The van der Waals surface area contributed by atoms with E-state index in [0.29, 0.717) is 5.92 Å². The summed E-state index contributed by atoms with van der Waals surface area (Å²) >= 11 is 0. The topological polar surface area (TPSA) is 17.1 Å². The van der Waals surface area contributed by atoms with Gasteiger partial charge in [0.25, 0.3) is 0 Å². The molecule has 0 spiro atoms. The van der Waals surface area contributed by atoms with Crippen LogP contribution in [0.5, 0.6) is 0 Å². The third-order valence-corrected chi connectivity index (χ3v) is 2.04. The van der Waals surface area contributed by atoms with E-state index < -0.39 is 0 Å². The number of carbonyl (C=O) groups excluding carboxylic acids is 1. The van der Waals surface area contributed by atoms with Gasteiger partial charge in [-0.15, -0.1) is 0 Å². The molecule has 0 aliphatic carbocycles. The molecule has 0 bridgehead atoms. The van der Waals surface area contributed by atoms with Gasteiger partial charge in [0.05, 0.1) is 0 Å². The first kappa shape index (κ1) is 10.7. The molecule has 1 aromatic rings. The van der Waals surface area contributed by atoms with Crippen molar-refractivity contribution < 1.29 is 4.79 Å². The molecular weight excluding hydrogens is 172 g/mol. The van der Waals surface area contributed by atoms with Gasteiger partial charge in [0, 0.05) is 0 Å². The first-order chi connectivity index (χ1) is 6.74. The van der Waals surface area contributed by atoms with Crippen LogP contribution in [0.2, 0.25) is 0 Å². The molecule has 0 unspecified atom stereocenters. The van der Waals surface area contributed by atoms with Crippen molar-refractivity contribution in [2.45, 2.75) is 20.3 Å². The van der Waals surface area contributed by atoms with Crippen LogP contribution in [0, 0.1) is 5.92 Å². The van der Waals surface area contributed by atoms with Crippen LogP contribution < -0.4 is 0 Å². The molecule has 0 amide bonds. The molecule has 0 atom stereocenters. The van der Waals surface area contributed by atoms with Gasteiger partial charge in [0.2, 0.25) is 0 Å². The fourth-order valence-corrected chi connectivity index (χ4v) is 1.47. The second kappa shape index (κ2) is 5.38. The van der Waals surface area contributed by atoms with E-state index in [1.54, 1.807) is 6.08 Å². The molecule has 0 aromatic heterocycles. The Hall–Kier alpha value is -1.37. The van der Waals surface area contributed by atoms with Crippen molar-refractivity contribution in [2.75, 3.05) is 0 Å². The van der Waals surface area contributed by atoms with Crippen molar-refractivity contribution in [2.24, 2.45) is 5.92 Å². The van der Waals surface area contributed by atoms with Crippen LogP contribution in [0.1, 0.15) is 25.0 Å². The summed E-state index contributed by atoms with van der Waals surface area (Å²) in [7, 11) is 0. The van der Waals surface area contributed by atoms with Crippen molar-refractivity contribution in [1.82, 2.24) is 0 Å². The lowest BCUT2D eigenvalue weighted by molar-refractivity contribution is -0.104. The van der Waals surface area contributed by atoms with Crippen LogP contribution >= 0.6 is 0 Å². The van der Waals surface area contributed by atoms with Crippen LogP contribution in [0.4, 0.5) is 0 Å². The molecule has 0 heterocycles. The second-order valence-electron chi connectivity index (χ2n) is 3.79. The Morgan fingerprint density at radius 3 is 2.64 bits per heavy atom. The maximum absolute atomic E-state index is 10.2. The Labute approximate surface area is 85.5 Å². The lowest BCUT2D eigenvalue weighted by Crippen LogP contribution is -1.96. The summed E-state index contributed by atoms with van der Waals surface area (Å²) in [5.41, 5.74) is 2.45. The third-order valence-electron chi connectivity index (χ3n) is 2.04. The molecule has 0 saturated carbocycles. The van der Waals surface area contributed by atoms with E-state index in [9.17, 15) is 4.79 Å². The minimum Gasteiger partial charge on any atom is -0.299 e. The first-order valence-electron chi connectivity index (χ1n) is 4.93. The lowest BCUT2D eigenvalue weighted by Gasteiger charge is -2.07. The molecule has 1 aromatic carbocycles. The summed E-state index contributed by atoms with van der Waals surface area (Å²) in [6, 6.07) is 8.19. The normalized spacial score (nSPS) is 11.1. The Balaban J connectivity index is 2.90. The van der Waals surface area contributed by atoms with E-state index in [-0.39, 0.29) is 0 Å². The number of rotatable bonds is 4. The lowest BCUT2D eigenvalue weighted by atomic mass is 9.98. The predicted molar refractivity (Wildman–Crippen MR) is 60.1 cm³/mol. The van der Waals surface area contributed by atoms with Gasteiger partial charge in [-0.3, -0.25) is 4.79 Å². The Bertz CT molecular complexity index is 324. The van der Waals surface area contributed by atoms with Gasteiger partial charge < -0.3 is 0 Å². The van der Waals surface area contributed by atoms with Gasteiger partial charge in [0.15, 0.2) is 0 Å².